The fourth-order valence-electron chi connectivity index (χ4n) is 3.67. The summed E-state index contributed by atoms with van der Waals surface area (Å²) in [6.45, 7) is 4.10. The van der Waals surface area contributed by atoms with E-state index in [4.69, 9.17) is 4.74 Å². The molecule has 30 heavy (non-hydrogen) atoms. The third kappa shape index (κ3) is 3.36. The number of fused-ring (bicyclic) bond motifs is 1. The lowest BCUT2D eigenvalue weighted by Crippen LogP contribution is -2.50. The van der Waals surface area contributed by atoms with E-state index in [2.05, 4.69) is 10.6 Å². The number of para-hydroxylation sites is 1. The van der Waals surface area contributed by atoms with Crippen molar-refractivity contribution in [2.75, 3.05) is 5.32 Å². The second-order valence-electron chi connectivity index (χ2n) is 6.86. The molecule has 0 saturated heterocycles. The van der Waals surface area contributed by atoms with Gasteiger partial charge in [0.15, 0.2) is 0 Å². The minimum atomic E-state index is -0.711. The summed E-state index contributed by atoms with van der Waals surface area (Å²) in [5.41, 5.74) is 0.148. The van der Waals surface area contributed by atoms with Crippen LogP contribution in [-0.4, -0.2) is 15.2 Å². The molecule has 1 unspecified atom stereocenters. The number of urea groups is 1. The summed E-state index contributed by atoms with van der Waals surface area (Å²) in [7, 11) is 0. The van der Waals surface area contributed by atoms with E-state index >= 15 is 0 Å². The van der Waals surface area contributed by atoms with Gasteiger partial charge >= 0.3 is 11.7 Å². The van der Waals surface area contributed by atoms with Gasteiger partial charge in [0.05, 0.1) is 11.6 Å². The first-order chi connectivity index (χ1) is 14.5. The Bertz CT molecular complexity index is 1210. The third-order valence-electron chi connectivity index (χ3n) is 5.06. The first kappa shape index (κ1) is 19.5. The molecule has 8 heteroatoms. The topological polar surface area (TPSA) is 94.4 Å². The van der Waals surface area contributed by atoms with Gasteiger partial charge in [0, 0.05) is 13.1 Å². The van der Waals surface area contributed by atoms with Crippen LogP contribution in [0, 0.1) is 0 Å². The quantitative estimate of drug-likeness (QED) is 0.681. The number of aromatic nitrogens is 2. The van der Waals surface area contributed by atoms with E-state index in [1.165, 1.54) is 9.13 Å². The fraction of sp³-hybridized carbons (Fsp3) is 0.227. The number of rotatable bonds is 5. The lowest BCUT2D eigenvalue weighted by atomic mass is 9.98. The van der Waals surface area contributed by atoms with Crippen LogP contribution >= 0.6 is 0 Å². The van der Waals surface area contributed by atoms with Gasteiger partial charge in [-0.2, -0.15) is 0 Å². The Labute approximate surface area is 172 Å². The Morgan fingerprint density at radius 1 is 0.900 bits per heavy atom. The largest absolute Gasteiger partial charge is 0.457 e. The van der Waals surface area contributed by atoms with Gasteiger partial charge in [0.25, 0.3) is 5.56 Å². The average molecular weight is 406 g/mol. The van der Waals surface area contributed by atoms with Gasteiger partial charge in [0.2, 0.25) is 0 Å². The maximum absolute atomic E-state index is 13.1. The van der Waals surface area contributed by atoms with Crippen molar-refractivity contribution < 1.29 is 9.53 Å². The minimum Gasteiger partial charge on any atom is -0.457 e. The Morgan fingerprint density at radius 3 is 2.30 bits per heavy atom. The number of anilines is 1. The van der Waals surface area contributed by atoms with Gasteiger partial charge in [-0.1, -0.05) is 30.3 Å². The molecule has 1 aliphatic heterocycles. The maximum Gasteiger partial charge on any atom is 0.332 e. The summed E-state index contributed by atoms with van der Waals surface area (Å²) >= 11 is 0. The van der Waals surface area contributed by atoms with Crippen LogP contribution in [0.25, 0.3) is 0 Å². The predicted octanol–water partition coefficient (Wildman–Crippen LogP) is 3.07. The highest BCUT2D eigenvalue weighted by Crippen LogP contribution is 2.31. The van der Waals surface area contributed by atoms with Crippen LogP contribution in [0.5, 0.6) is 11.5 Å². The third-order valence-corrected chi connectivity index (χ3v) is 5.06. The molecule has 2 aromatic carbocycles. The van der Waals surface area contributed by atoms with Gasteiger partial charge in [-0.15, -0.1) is 0 Å². The zero-order chi connectivity index (χ0) is 21.3. The summed E-state index contributed by atoms with van der Waals surface area (Å²) in [5, 5.41) is 5.44. The second-order valence-corrected chi connectivity index (χ2v) is 6.86. The van der Waals surface area contributed by atoms with Gasteiger partial charge in [-0.25, -0.2) is 9.59 Å². The van der Waals surface area contributed by atoms with Crippen LogP contribution in [0.3, 0.4) is 0 Å². The Hall–Kier alpha value is -3.81. The number of benzene rings is 2. The van der Waals surface area contributed by atoms with Gasteiger partial charge in [0.1, 0.15) is 17.3 Å². The molecule has 4 rings (SSSR count). The summed E-state index contributed by atoms with van der Waals surface area (Å²) < 4.78 is 8.49. The number of carbonyl (C=O) groups is 1. The number of amides is 2. The predicted molar refractivity (Wildman–Crippen MR) is 113 cm³/mol. The number of ether oxygens (including phenoxy) is 1. The molecular weight excluding hydrogens is 384 g/mol. The molecule has 8 nitrogen and oxygen atoms in total. The molecule has 1 aromatic heterocycles. The number of carbonyl (C=O) groups excluding carboxylic acids is 1. The van der Waals surface area contributed by atoms with Crippen LogP contribution in [0.2, 0.25) is 0 Å². The molecular formula is C22H22N4O4. The zero-order valence-corrected chi connectivity index (χ0v) is 16.7. The van der Waals surface area contributed by atoms with E-state index in [9.17, 15) is 14.4 Å². The van der Waals surface area contributed by atoms with Crippen LogP contribution in [0.1, 0.15) is 31.0 Å². The van der Waals surface area contributed by atoms with E-state index < -0.39 is 23.3 Å². The molecule has 0 radical (unpaired) electrons. The Kier molecular flexibility index (Phi) is 5.14. The van der Waals surface area contributed by atoms with Crippen molar-refractivity contribution in [3.8, 4) is 11.5 Å². The van der Waals surface area contributed by atoms with E-state index in [0.29, 0.717) is 29.2 Å². The van der Waals surface area contributed by atoms with Crippen molar-refractivity contribution in [1.29, 1.82) is 0 Å². The van der Waals surface area contributed by atoms with Crippen LogP contribution < -0.4 is 26.6 Å². The summed E-state index contributed by atoms with van der Waals surface area (Å²) in [6.07, 6.45) is 0. The fourth-order valence-corrected chi connectivity index (χ4v) is 3.67. The highest BCUT2D eigenvalue weighted by Gasteiger charge is 2.32. The van der Waals surface area contributed by atoms with Crippen molar-refractivity contribution in [2.24, 2.45) is 0 Å². The second kappa shape index (κ2) is 7.90. The number of hydrogen-bond donors (Lipinski definition) is 2. The monoisotopic (exact) mass is 406 g/mol. The molecule has 2 amide bonds. The highest BCUT2D eigenvalue weighted by molar-refractivity contribution is 5.92. The number of nitrogens with one attached hydrogen (secondary N) is 2. The lowest BCUT2D eigenvalue weighted by molar-refractivity contribution is 0.248. The van der Waals surface area contributed by atoms with Crippen molar-refractivity contribution in [2.45, 2.75) is 33.0 Å². The molecule has 0 bridgehead atoms. The molecule has 1 atom stereocenters. The maximum atomic E-state index is 13.1. The van der Waals surface area contributed by atoms with Gasteiger partial charge < -0.3 is 10.1 Å². The van der Waals surface area contributed by atoms with Crippen LogP contribution in [0.15, 0.2) is 64.2 Å². The minimum absolute atomic E-state index is 0.236. The van der Waals surface area contributed by atoms with Gasteiger partial charge in [-0.3, -0.25) is 19.2 Å². The average Bonchev–Trinajstić information content (AvgIpc) is 2.74. The van der Waals surface area contributed by atoms with Crippen molar-refractivity contribution in [1.82, 2.24) is 14.5 Å². The SMILES string of the molecule is CCn1c2c(c(=O)n(CC)c1=O)C(c1cccc(Oc3ccccc3)c1)NC(=O)N2. The van der Waals surface area contributed by atoms with E-state index in [0.717, 1.165) is 0 Å². The first-order valence-corrected chi connectivity index (χ1v) is 9.81. The van der Waals surface area contributed by atoms with E-state index in [1.54, 1.807) is 32.0 Å². The smallest absolute Gasteiger partial charge is 0.332 e. The van der Waals surface area contributed by atoms with Crippen LogP contribution in [0.4, 0.5) is 10.6 Å². The Morgan fingerprint density at radius 2 is 1.60 bits per heavy atom. The molecule has 2 N–H and O–H groups in total. The molecule has 0 spiro atoms. The summed E-state index contributed by atoms with van der Waals surface area (Å²) in [4.78, 5) is 38.1. The molecule has 2 heterocycles. The van der Waals surface area contributed by atoms with E-state index in [1.807, 2.05) is 36.4 Å². The lowest BCUT2D eigenvalue weighted by Gasteiger charge is -2.29. The molecule has 3 aromatic rings. The normalized spacial score (nSPS) is 15.1. The molecule has 0 saturated carbocycles. The molecule has 0 aliphatic carbocycles. The Balaban J connectivity index is 1.84. The highest BCUT2D eigenvalue weighted by atomic mass is 16.5. The molecule has 154 valence electrons. The number of nitrogens with zero attached hydrogens (tertiary/aromatic N) is 2. The van der Waals surface area contributed by atoms with Gasteiger partial charge in [-0.05, 0) is 43.7 Å². The van der Waals surface area contributed by atoms with Crippen LogP contribution in [-0.2, 0) is 13.1 Å². The zero-order valence-electron chi connectivity index (χ0n) is 16.7. The van der Waals surface area contributed by atoms with E-state index in [-0.39, 0.29) is 12.4 Å². The van der Waals surface area contributed by atoms with Crippen molar-refractivity contribution >= 4 is 11.8 Å². The molecule has 1 aliphatic rings. The standard InChI is InChI=1S/C22H22N4O4/c1-3-25-19-17(20(27)26(4-2)22(25)29)18(23-21(28)24-19)14-9-8-12-16(13-14)30-15-10-6-5-7-11-15/h5-13,18H,3-4H2,1-2H3,(H2,23,24,28). The van der Waals surface area contributed by atoms with Crippen molar-refractivity contribution in [3.05, 3.63) is 86.6 Å². The summed E-state index contributed by atoms with van der Waals surface area (Å²) in [5.74, 6) is 1.49. The molecule has 0 fully saturated rings. The number of hydrogen-bond acceptors (Lipinski definition) is 4. The first-order valence-electron chi connectivity index (χ1n) is 9.81. The van der Waals surface area contributed by atoms with Crippen molar-refractivity contribution in [3.63, 3.8) is 0 Å². The summed E-state index contributed by atoms with van der Waals surface area (Å²) in [6, 6.07) is 15.3.